The van der Waals surface area contributed by atoms with E-state index in [4.69, 9.17) is 10.3 Å². The number of anilines is 1. The van der Waals surface area contributed by atoms with Crippen LogP contribution in [0.25, 0.3) is 22.4 Å². The third kappa shape index (κ3) is 1.97. The number of nitrogens with two attached hydrogens (primary N) is 1. The summed E-state index contributed by atoms with van der Waals surface area (Å²) in [5.74, 6) is -0.181. The molecule has 0 aliphatic rings. The highest BCUT2D eigenvalue weighted by Gasteiger charge is 2.18. The van der Waals surface area contributed by atoms with Crippen molar-refractivity contribution in [1.29, 1.82) is 0 Å². The summed E-state index contributed by atoms with van der Waals surface area (Å²) in [6.07, 6.45) is 3.44. The Bertz CT molecular complexity index is 732. The van der Waals surface area contributed by atoms with Crippen LogP contribution in [0, 0.1) is 5.82 Å². The van der Waals surface area contributed by atoms with Crippen molar-refractivity contribution in [3.8, 4) is 22.4 Å². The van der Waals surface area contributed by atoms with Crippen LogP contribution in [-0.2, 0) is 7.05 Å². The number of rotatable bonds is 2. The lowest BCUT2D eigenvalue weighted by molar-refractivity contribution is 0.439. The minimum absolute atomic E-state index is 0.157. The summed E-state index contributed by atoms with van der Waals surface area (Å²) in [6.45, 7) is 0. The SMILES string of the molecule is Cn1cc(-c2noc(N)c2-c2cccc(F)c2)cn1. The van der Waals surface area contributed by atoms with E-state index in [2.05, 4.69) is 10.3 Å². The zero-order chi connectivity index (χ0) is 13.4. The van der Waals surface area contributed by atoms with Gasteiger partial charge in [0.25, 0.3) is 0 Å². The quantitative estimate of drug-likeness (QED) is 0.766. The van der Waals surface area contributed by atoms with Crippen LogP contribution in [0.2, 0.25) is 0 Å². The van der Waals surface area contributed by atoms with Gasteiger partial charge in [-0.25, -0.2) is 4.39 Å². The molecule has 0 atom stereocenters. The van der Waals surface area contributed by atoms with Crippen molar-refractivity contribution in [2.45, 2.75) is 0 Å². The molecule has 3 rings (SSSR count). The van der Waals surface area contributed by atoms with Gasteiger partial charge in [0.15, 0.2) is 0 Å². The third-order valence-corrected chi connectivity index (χ3v) is 2.81. The first-order valence-electron chi connectivity index (χ1n) is 5.65. The molecule has 5 nitrogen and oxygen atoms in total. The van der Waals surface area contributed by atoms with Crippen molar-refractivity contribution < 1.29 is 8.91 Å². The molecule has 6 heteroatoms. The average molecular weight is 258 g/mol. The summed E-state index contributed by atoms with van der Waals surface area (Å²) >= 11 is 0. The van der Waals surface area contributed by atoms with Crippen LogP contribution in [0.5, 0.6) is 0 Å². The topological polar surface area (TPSA) is 69.9 Å². The van der Waals surface area contributed by atoms with Crippen molar-refractivity contribution in [2.75, 3.05) is 5.73 Å². The van der Waals surface area contributed by atoms with E-state index in [0.29, 0.717) is 16.8 Å². The maximum absolute atomic E-state index is 13.3. The molecule has 0 amide bonds. The van der Waals surface area contributed by atoms with Crippen molar-refractivity contribution >= 4 is 5.88 Å². The molecule has 0 spiro atoms. The molecule has 0 fully saturated rings. The number of nitrogens with zero attached hydrogens (tertiary/aromatic N) is 3. The molecule has 1 aromatic carbocycles. The molecule has 0 bridgehead atoms. The molecule has 2 heterocycles. The first-order chi connectivity index (χ1) is 9.15. The van der Waals surface area contributed by atoms with E-state index >= 15 is 0 Å². The molecule has 96 valence electrons. The van der Waals surface area contributed by atoms with Gasteiger partial charge in [-0.2, -0.15) is 5.10 Å². The van der Waals surface area contributed by atoms with E-state index in [1.807, 2.05) is 0 Å². The summed E-state index contributed by atoms with van der Waals surface area (Å²) in [7, 11) is 1.80. The lowest BCUT2D eigenvalue weighted by atomic mass is 10.0. The molecule has 0 aliphatic carbocycles. The number of benzene rings is 1. The van der Waals surface area contributed by atoms with Crippen LogP contribution in [0.15, 0.2) is 41.2 Å². The molecular weight excluding hydrogens is 247 g/mol. The van der Waals surface area contributed by atoms with E-state index in [1.165, 1.54) is 12.1 Å². The van der Waals surface area contributed by atoms with Gasteiger partial charge in [0.2, 0.25) is 5.88 Å². The molecule has 3 aromatic rings. The highest BCUT2D eigenvalue weighted by molar-refractivity contribution is 5.86. The minimum atomic E-state index is -0.338. The number of halogens is 1. The Morgan fingerprint density at radius 1 is 1.32 bits per heavy atom. The zero-order valence-corrected chi connectivity index (χ0v) is 10.2. The van der Waals surface area contributed by atoms with Gasteiger partial charge in [-0.1, -0.05) is 17.3 Å². The normalized spacial score (nSPS) is 10.8. The predicted octanol–water partition coefficient (Wildman–Crippen LogP) is 2.46. The highest BCUT2D eigenvalue weighted by Crippen LogP contribution is 2.35. The van der Waals surface area contributed by atoms with Crippen LogP contribution in [0.4, 0.5) is 10.3 Å². The average Bonchev–Trinajstić information content (AvgIpc) is 2.95. The number of aromatic nitrogens is 3. The van der Waals surface area contributed by atoms with Crippen LogP contribution in [0.3, 0.4) is 0 Å². The van der Waals surface area contributed by atoms with E-state index in [0.717, 1.165) is 5.56 Å². The smallest absolute Gasteiger partial charge is 0.230 e. The second kappa shape index (κ2) is 4.24. The molecule has 0 saturated heterocycles. The number of nitrogen functional groups attached to an aromatic ring is 1. The summed E-state index contributed by atoms with van der Waals surface area (Å²) in [6, 6.07) is 6.13. The van der Waals surface area contributed by atoms with Crippen LogP contribution in [-0.4, -0.2) is 14.9 Å². The molecular formula is C13H11FN4O. The second-order valence-electron chi connectivity index (χ2n) is 4.18. The van der Waals surface area contributed by atoms with Gasteiger partial charge in [-0.15, -0.1) is 0 Å². The fourth-order valence-corrected chi connectivity index (χ4v) is 1.97. The molecule has 2 aromatic heterocycles. The fraction of sp³-hybridized carbons (Fsp3) is 0.0769. The Labute approximate surface area is 108 Å². The van der Waals surface area contributed by atoms with Crippen molar-refractivity contribution in [3.05, 3.63) is 42.5 Å². The maximum Gasteiger partial charge on any atom is 0.230 e. The van der Waals surface area contributed by atoms with Gasteiger partial charge >= 0.3 is 0 Å². The van der Waals surface area contributed by atoms with Gasteiger partial charge in [-0.05, 0) is 17.7 Å². The van der Waals surface area contributed by atoms with Crippen molar-refractivity contribution in [1.82, 2.24) is 14.9 Å². The Morgan fingerprint density at radius 3 is 2.84 bits per heavy atom. The second-order valence-corrected chi connectivity index (χ2v) is 4.18. The monoisotopic (exact) mass is 258 g/mol. The maximum atomic E-state index is 13.3. The van der Waals surface area contributed by atoms with Crippen LogP contribution in [0.1, 0.15) is 0 Å². The minimum Gasteiger partial charge on any atom is -0.367 e. The number of hydrogen-bond acceptors (Lipinski definition) is 4. The van der Waals surface area contributed by atoms with Crippen LogP contribution < -0.4 is 5.73 Å². The standard InChI is InChI=1S/C13H11FN4O/c1-18-7-9(6-16-18)12-11(13(15)19-17-12)8-3-2-4-10(14)5-8/h2-7H,15H2,1H3. The van der Waals surface area contributed by atoms with Gasteiger partial charge in [0, 0.05) is 18.8 Å². The van der Waals surface area contributed by atoms with E-state index in [9.17, 15) is 4.39 Å². The predicted molar refractivity (Wildman–Crippen MR) is 68.5 cm³/mol. The number of aryl methyl sites for hydroxylation is 1. The highest BCUT2D eigenvalue weighted by atomic mass is 19.1. The largest absolute Gasteiger partial charge is 0.367 e. The Hall–Kier alpha value is -2.63. The Kier molecular flexibility index (Phi) is 2.56. The van der Waals surface area contributed by atoms with E-state index in [-0.39, 0.29) is 11.7 Å². The summed E-state index contributed by atoms with van der Waals surface area (Å²) in [4.78, 5) is 0. The van der Waals surface area contributed by atoms with E-state index in [1.54, 1.807) is 36.3 Å². The van der Waals surface area contributed by atoms with Gasteiger partial charge in [0.05, 0.1) is 11.8 Å². The third-order valence-electron chi connectivity index (χ3n) is 2.81. The first-order valence-corrected chi connectivity index (χ1v) is 5.65. The van der Waals surface area contributed by atoms with Crippen molar-refractivity contribution in [3.63, 3.8) is 0 Å². The Balaban J connectivity index is 2.19. The summed E-state index contributed by atoms with van der Waals surface area (Å²) in [5, 5.41) is 8.00. The van der Waals surface area contributed by atoms with Crippen molar-refractivity contribution in [2.24, 2.45) is 7.05 Å². The summed E-state index contributed by atoms with van der Waals surface area (Å²) in [5.41, 5.74) is 8.31. The first kappa shape index (κ1) is 11.5. The van der Waals surface area contributed by atoms with Gasteiger partial charge in [0.1, 0.15) is 11.5 Å². The Morgan fingerprint density at radius 2 is 2.16 bits per heavy atom. The zero-order valence-electron chi connectivity index (χ0n) is 10.2. The lowest BCUT2D eigenvalue weighted by Gasteiger charge is -2.01. The molecule has 2 N–H and O–H groups in total. The molecule has 0 unspecified atom stereocenters. The molecule has 19 heavy (non-hydrogen) atoms. The van der Waals surface area contributed by atoms with E-state index < -0.39 is 0 Å². The number of hydrogen-bond donors (Lipinski definition) is 1. The molecule has 0 aliphatic heterocycles. The van der Waals surface area contributed by atoms with Gasteiger partial charge in [-0.3, -0.25) is 4.68 Å². The van der Waals surface area contributed by atoms with Gasteiger partial charge < -0.3 is 10.3 Å². The van der Waals surface area contributed by atoms with Crippen LogP contribution >= 0.6 is 0 Å². The summed E-state index contributed by atoms with van der Waals surface area (Å²) < 4.78 is 20.0. The lowest BCUT2D eigenvalue weighted by Crippen LogP contribution is -1.88. The molecule has 0 radical (unpaired) electrons. The molecule has 0 saturated carbocycles. The fourth-order valence-electron chi connectivity index (χ4n) is 1.97.